The molecule has 14 heavy (non-hydrogen) atoms. The summed E-state index contributed by atoms with van der Waals surface area (Å²) in [5, 5.41) is 3.16. The topological polar surface area (TPSA) is 28.2 Å². The van der Waals surface area contributed by atoms with E-state index in [4.69, 9.17) is 0 Å². The van der Waals surface area contributed by atoms with Crippen molar-refractivity contribution in [2.75, 3.05) is 26.0 Å². The highest BCUT2D eigenvalue weighted by atomic mass is 15.1. The van der Waals surface area contributed by atoms with E-state index >= 15 is 0 Å². The smallest absolute Gasteiger partial charge is 0.128 e. The minimum absolute atomic E-state index is 0.899. The van der Waals surface area contributed by atoms with Gasteiger partial charge in [-0.1, -0.05) is 6.92 Å². The minimum Gasteiger partial charge on any atom is -0.363 e. The maximum atomic E-state index is 4.53. The molecule has 1 rings (SSSR count). The lowest BCUT2D eigenvalue weighted by molar-refractivity contribution is 0.810. The van der Waals surface area contributed by atoms with Crippen LogP contribution in [0.4, 0.5) is 5.82 Å². The molecule has 1 heterocycles. The number of hydrogen-bond acceptors (Lipinski definition) is 3. The summed E-state index contributed by atoms with van der Waals surface area (Å²) in [6.07, 6.45) is 0.985. The molecule has 0 saturated heterocycles. The molecule has 1 N–H and O–H groups in total. The summed E-state index contributed by atoms with van der Waals surface area (Å²) in [4.78, 5) is 6.57. The predicted molar refractivity (Wildman–Crippen MR) is 60.7 cm³/mol. The molecule has 0 fully saturated rings. The van der Waals surface area contributed by atoms with E-state index in [-0.39, 0.29) is 0 Å². The number of pyridine rings is 1. The molecule has 1 aromatic heterocycles. The van der Waals surface area contributed by atoms with Crippen LogP contribution in [-0.4, -0.2) is 26.1 Å². The fourth-order valence-electron chi connectivity index (χ4n) is 1.35. The average Bonchev–Trinajstić information content (AvgIpc) is 2.17. The van der Waals surface area contributed by atoms with Crippen molar-refractivity contribution in [2.45, 2.75) is 19.9 Å². The van der Waals surface area contributed by atoms with Crippen molar-refractivity contribution in [1.82, 2.24) is 10.3 Å². The second kappa shape index (κ2) is 4.96. The lowest BCUT2D eigenvalue weighted by Crippen LogP contribution is -2.13. The maximum Gasteiger partial charge on any atom is 0.128 e. The SMILES string of the molecule is CCc1cc(CNC)cc(N(C)C)n1. The number of nitrogens with one attached hydrogen (secondary N) is 1. The van der Waals surface area contributed by atoms with Gasteiger partial charge in [-0.3, -0.25) is 0 Å². The van der Waals surface area contributed by atoms with Gasteiger partial charge in [-0.25, -0.2) is 4.98 Å². The van der Waals surface area contributed by atoms with E-state index in [9.17, 15) is 0 Å². The summed E-state index contributed by atoms with van der Waals surface area (Å²) < 4.78 is 0. The number of hydrogen-bond donors (Lipinski definition) is 1. The van der Waals surface area contributed by atoms with Crippen LogP contribution in [0.2, 0.25) is 0 Å². The molecule has 3 nitrogen and oxygen atoms in total. The highest BCUT2D eigenvalue weighted by molar-refractivity contribution is 5.41. The number of anilines is 1. The Morgan fingerprint density at radius 2 is 2.07 bits per heavy atom. The van der Waals surface area contributed by atoms with Gasteiger partial charge in [-0.15, -0.1) is 0 Å². The zero-order valence-corrected chi connectivity index (χ0v) is 9.46. The van der Waals surface area contributed by atoms with Crippen LogP contribution in [0.15, 0.2) is 12.1 Å². The van der Waals surface area contributed by atoms with Gasteiger partial charge in [-0.05, 0) is 31.2 Å². The molecule has 0 bridgehead atoms. The fraction of sp³-hybridized carbons (Fsp3) is 0.545. The molecular formula is C11H19N3. The van der Waals surface area contributed by atoms with Gasteiger partial charge < -0.3 is 10.2 Å². The highest BCUT2D eigenvalue weighted by Gasteiger charge is 2.02. The largest absolute Gasteiger partial charge is 0.363 e. The van der Waals surface area contributed by atoms with Gasteiger partial charge in [0.25, 0.3) is 0 Å². The Balaban J connectivity index is 3.00. The normalized spacial score (nSPS) is 10.3. The van der Waals surface area contributed by atoms with Gasteiger partial charge in [0.15, 0.2) is 0 Å². The second-order valence-electron chi connectivity index (χ2n) is 3.60. The Bertz CT molecular complexity index is 295. The monoisotopic (exact) mass is 193 g/mol. The molecule has 0 spiro atoms. The summed E-state index contributed by atoms with van der Waals surface area (Å²) in [5.74, 6) is 1.04. The number of rotatable bonds is 4. The summed E-state index contributed by atoms with van der Waals surface area (Å²) in [5.41, 5.74) is 2.45. The molecule has 0 aliphatic heterocycles. The molecule has 0 aliphatic carbocycles. The van der Waals surface area contributed by atoms with Crippen LogP contribution in [0.5, 0.6) is 0 Å². The third-order valence-electron chi connectivity index (χ3n) is 2.13. The van der Waals surface area contributed by atoms with Gasteiger partial charge >= 0.3 is 0 Å². The standard InChI is InChI=1S/C11H19N3/c1-5-10-6-9(8-12-2)7-11(13-10)14(3)4/h6-7,12H,5,8H2,1-4H3. The predicted octanol–water partition coefficient (Wildman–Crippen LogP) is 1.43. The molecule has 0 unspecified atom stereocenters. The first kappa shape index (κ1) is 11.0. The van der Waals surface area contributed by atoms with Crippen LogP contribution < -0.4 is 10.2 Å². The van der Waals surface area contributed by atoms with E-state index in [2.05, 4.69) is 29.4 Å². The van der Waals surface area contributed by atoms with Gasteiger partial charge in [0.1, 0.15) is 5.82 Å². The van der Waals surface area contributed by atoms with Crippen LogP contribution in [-0.2, 0) is 13.0 Å². The third-order valence-corrected chi connectivity index (χ3v) is 2.13. The van der Waals surface area contributed by atoms with Gasteiger partial charge in [0.05, 0.1) is 0 Å². The molecular weight excluding hydrogens is 174 g/mol. The Morgan fingerprint density at radius 1 is 1.36 bits per heavy atom. The summed E-state index contributed by atoms with van der Waals surface area (Å²) in [7, 11) is 6.00. The Labute approximate surface area is 86.2 Å². The molecule has 0 saturated carbocycles. The van der Waals surface area contributed by atoms with E-state index in [0.29, 0.717) is 0 Å². The van der Waals surface area contributed by atoms with Crippen LogP contribution in [0, 0.1) is 0 Å². The molecule has 0 radical (unpaired) electrons. The Morgan fingerprint density at radius 3 is 2.57 bits per heavy atom. The van der Waals surface area contributed by atoms with Crippen molar-refractivity contribution in [1.29, 1.82) is 0 Å². The van der Waals surface area contributed by atoms with E-state index in [1.807, 2.05) is 26.0 Å². The zero-order valence-electron chi connectivity index (χ0n) is 9.46. The molecule has 78 valence electrons. The molecule has 0 aliphatic rings. The molecule has 1 aromatic rings. The first-order valence-electron chi connectivity index (χ1n) is 4.99. The lowest BCUT2D eigenvalue weighted by Gasteiger charge is -2.14. The third kappa shape index (κ3) is 2.70. The number of nitrogens with zero attached hydrogens (tertiary/aromatic N) is 2. The Hall–Kier alpha value is -1.09. The quantitative estimate of drug-likeness (QED) is 0.784. The first-order valence-corrected chi connectivity index (χ1v) is 4.99. The van der Waals surface area contributed by atoms with Crippen molar-refractivity contribution in [3.05, 3.63) is 23.4 Å². The van der Waals surface area contributed by atoms with Crippen LogP contribution in [0.1, 0.15) is 18.2 Å². The summed E-state index contributed by atoms with van der Waals surface area (Å²) in [6.45, 7) is 3.03. The van der Waals surface area contributed by atoms with Gasteiger partial charge in [-0.2, -0.15) is 0 Å². The van der Waals surface area contributed by atoms with Crippen molar-refractivity contribution in [3.63, 3.8) is 0 Å². The highest BCUT2D eigenvalue weighted by Crippen LogP contribution is 2.13. The average molecular weight is 193 g/mol. The minimum atomic E-state index is 0.899. The van der Waals surface area contributed by atoms with Crippen LogP contribution in [0.3, 0.4) is 0 Å². The van der Waals surface area contributed by atoms with E-state index in [1.54, 1.807) is 0 Å². The van der Waals surface area contributed by atoms with Gasteiger partial charge in [0, 0.05) is 26.3 Å². The molecule has 0 aromatic carbocycles. The maximum absolute atomic E-state index is 4.53. The molecule has 0 atom stereocenters. The van der Waals surface area contributed by atoms with Crippen molar-refractivity contribution < 1.29 is 0 Å². The van der Waals surface area contributed by atoms with Crippen molar-refractivity contribution in [2.24, 2.45) is 0 Å². The van der Waals surface area contributed by atoms with E-state index in [1.165, 1.54) is 5.56 Å². The zero-order chi connectivity index (χ0) is 10.6. The van der Waals surface area contributed by atoms with Crippen molar-refractivity contribution in [3.8, 4) is 0 Å². The number of aromatic nitrogens is 1. The summed E-state index contributed by atoms with van der Waals surface area (Å²) in [6, 6.07) is 4.28. The fourth-order valence-corrected chi connectivity index (χ4v) is 1.35. The van der Waals surface area contributed by atoms with Gasteiger partial charge in [0.2, 0.25) is 0 Å². The first-order chi connectivity index (χ1) is 6.67. The molecule has 3 heteroatoms. The second-order valence-corrected chi connectivity index (χ2v) is 3.60. The van der Waals surface area contributed by atoms with Crippen LogP contribution in [0.25, 0.3) is 0 Å². The van der Waals surface area contributed by atoms with E-state index in [0.717, 1.165) is 24.5 Å². The Kier molecular flexibility index (Phi) is 3.89. The summed E-state index contributed by atoms with van der Waals surface area (Å²) >= 11 is 0. The number of aryl methyl sites for hydroxylation is 1. The van der Waals surface area contributed by atoms with Crippen molar-refractivity contribution >= 4 is 5.82 Å². The lowest BCUT2D eigenvalue weighted by atomic mass is 10.2. The van der Waals surface area contributed by atoms with Crippen LogP contribution >= 0.6 is 0 Å². The van der Waals surface area contributed by atoms with E-state index < -0.39 is 0 Å². The molecule has 0 amide bonds.